The molecule has 1 heterocycles. The minimum atomic E-state index is -0.863. The molecule has 1 N–H and O–H groups in total. The van der Waals surface area contributed by atoms with E-state index in [0.717, 1.165) is 16.7 Å². The molecule has 2 rings (SSSR count). The molecule has 0 unspecified atom stereocenters. The van der Waals surface area contributed by atoms with Gasteiger partial charge >= 0.3 is 5.97 Å². The van der Waals surface area contributed by atoms with Gasteiger partial charge in [-0.3, -0.25) is 4.79 Å². The molecule has 6 heteroatoms. The molecule has 6 nitrogen and oxygen atoms in total. The van der Waals surface area contributed by atoms with Crippen LogP contribution in [0.25, 0.3) is 11.4 Å². The normalized spacial score (nSPS) is 10.6. The summed E-state index contributed by atoms with van der Waals surface area (Å²) in [4.78, 5) is 10.6. The van der Waals surface area contributed by atoms with E-state index in [1.54, 1.807) is 0 Å². The lowest BCUT2D eigenvalue weighted by Gasteiger charge is -2.09. The predicted molar refractivity (Wildman–Crippen MR) is 65.0 cm³/mol. The van der Waals surface area contributed by atoms with Gasteiger partial charge in [-0.15, -0.1) is 5.10 Å². The van der Waals surface area contributed by atoms with E-state index < -0.39 is 5.97 Å². The highest BCUT2D eigenvalue weighted by atomic mass is 16.4. The monoisotopic (exact) mass is 246 g/mol. The molecule has 2 aromatic rings. The zero-order valence-corrected chi connectivity index (χ0v) is 10.3. The second-order valence-corrected chi connectivity index (χ2v) is 4.14. The number of carboxylic acids is 1. The van der Waals surface area contributed by atoms with Gasteiger partial charge in [-0.05, 0) is 35.4 Å². The van der Waals surface area contributed by atoms with Crippen molar-refractivity contribution in [2.24, 2.45) is 0 Å². The minimum Gasteiger partial charge on any atom is -0.481 e. The second-order valence-electron chi connectivity index (χ2n) is 4.14. The number of aliphatic carboxylic acids is 1. The summed E-state index contributed by atoms with van der Waals surface area (Å²) in [5.41, 5.74) is 3.11. The lowest BCUT2D eigenvalue weighted by atomic mass is 10.0. The average molecular weight is 246 g/mol. The van der Waals surface area contributed by atoms with Crippen LogP contribution in [-0.4, -0.2) is 31.3 Å². The molecule has 0 aliphatic heterocycles. The van der Waals surface area contributed by atoms with Crippen LogP contribution in [0.1, 0.15) is 17.5 Å². The molecule has 0 amide bonds. The second kappa shape index (κ2) is 4.95. The summed E-state index contributed by atoms with van der Waals surface area (Å²) in [7, 11) is 0. The quantitative estimate of drug-likeness (QED) is 0.882. The summed E-state index contributed by atoms with van der Waals surface area (Å²) < 4.78 is 1.53. The molecular formula is C12H14N4O2. The fraction of sp³-hybridized carbons (Fsp3) is 0.333. The van der Waals surface area contributed by atoms with E-state index in [1.807, 2.05) is 32.0 Å². The molecule has 0 spiro atoms. The van der Waals surface area contributed by atoms with Crippen molar-refractivity contribution >= 4 is 5.97 Å². The van der Waals surface area contributed by atoms with E-state index in [2.05, 4.69) is 15.5 Å². The number of aromatic nitrogens is 4. The first-order valence-electron chi connectivity index (χ1n) is 5.64. The smallest absolute Gasteiger partial charge is 0.305 e. The van der Waals surface area contributed by atoms with Crippen molar-refractivity contribution in [3.63, 3.8) is 0 Å². The Morgan fingerprint density at radius 1 is 1.33 bits per heavy atom. The van der Waals surface area contributed by atoms with Crippen molar-refractivity contribution in [2.75, 3.05) is 0 Å². The molecule has 18 heavy (non-hydrogen) atoms. The molecular weight excluding hydrogens is 232 g/mol. The Kier molecular flexibility index (Phi) is 3.36. The molecule has 1 aromatic heterocycles. The van der Waals surface area contributed by atoms with E-state index in [-0.39, 0.29) is 13.0 Å². The van der Waals surface area contributed by atoms with E-state index in [0.29, 0.717) is 5.82 Å². The number of benzene rings is 1. The van der Waals surface area contributed by atoms with Gasteiger partial charge in [0, 0.05) is 5.56 Å². The summed E-state index contributed by atoms with van der Waals surface area (Å²) in [6.45, 7) is 4.24. The number of tetrazole rings is 1. The Bertz CT molecular complexity index is 557. The summed E-state index contributed by atoms with van der Waals surface area (Å²) in [5, 5.41) is 20.2. The van der Waals surface area contributed by atoms with Crippen LogP contribution in [0.3, 0.4) is 0 Å². The Hall–Kier alpha value is -2.24. The molecule has 0 saturated carbocycles. The van der Waals surface area contributed by atoms with Crippen LogP contribution in [0.15, 0.2) is 18.2 Å². The van der Waals surface area contributed by atoms with Crippen LogP contribution in [0.5, 0.6) is 0 Å². The number of nitrogens with zero attached hydrogens (tertiary/aromatic N) is 4. The zero-order chi connectivity index (χ0) is 13.1. The topological polar surface area (TPSA) is 80.9 Å². The maximum atomic E-state index is 10.6. The fourth-order valence-corrected chi connectivity index (χ4v) is 1.90. The molecule has 0 aliphatic carbocycles. The third kappa shape index (κ3) is 2.37. The van der Waals surface area contributed by atoms with Crippen LogP contribution in [0, 0.1) is 13.8 Å². The molecule has 0 radical (unpaired) electrons. The van der Waals surface area contributed by atoms with Gasteiger partial charge in [-0.1, -0.05) is 18.2 Å². The SMILES string of the molecule is Cc1cccc(C)c1-c1nnnn1CCC(=O)O. The Balaban J connectivity index is 2.39. The fourth-order valence-electron chi connectivity index (χ4n) is 1.90. The Labute approximate surface area is 104 Å². The number of hydrogen-bond acceptors (Lipinski definition) is 4. The van der Waals surface area contributed by atoms with Crippen LogP contribution < -0.4 is 0 Å². The van der Waals surface area contributed by atoms with Gasteiger partial charge in [0.25, 0.3) is 0 Å². The summed E-state index contributed by atoms with van der Waals surface area (Å²) in [6, 6.07) is 5.94. The van der Waals surface area contributed by atoms with Crippen LogP contribution in [0.2, 0.25) is 0 Å². The maximum absolute atomic E-state index is 10.6. The first-order chi connectivity index (χ1) is 8.59. The third-order valence-corrected chi connectivity index (χ3v) is 2.77. The highest BCUT2D eigenvalue weighted by Crippen LogP contribution is 2.24. The number of carbonyl (C=O) groups is 1. The lowest BCUT2D eigenvalue weighted by Crippen LogP contribution is -2.08. The van der Waals surface area contributed by atoms with Gasteiger partial charge < -0.3 is 5.11 Å². The standard InChI is InChI=1S/C12H14N4O2/c1-8-4-3-5-9(2)11(8)12-13-14-15-16(12)7-6-10(17)18/h3-5H,6-7H2,1-2H3,(H,17,18). The molecule has 0 atom stereocenters. The van der Waals surface area contributed by atoms with Crippen LogP contribution in [0.4, 0.5) is 0 Å². The van der Waals surface area contributed by atoms with Gasteiger partial charge in [0.15, 0.2) is 5.82 Å². The van der Waals surface area contributed by atoms with Gasteiger partial charge in [0.1, 0.15) is 0 Å². The summed E-state index contributed by atoms with van der Waals surface area (Å²) >= 11 is 0. The zero-order valence-electron chi connectivity index (χ0n) is 10.3. The van der Waals surface area contributed by atoms with Gasteiger partial charge in [0.05, 0.1) is 13.0 Å². The summed E-state index contributed by atoms with van der Waals surface area (Å²) in [6.07, 6.45) is 0.00295. The minimum absolute atomic E-state index is 0.00295. The molecule has 0 saturated heterocycles. The van der Waals surface area contributed by atoms with Crippen molar-refractivity contribution < 1.29 is 9.90 Å². The van der Waals surface area contributed by atoms with Crippen molar-refractivity contribution in [3.05, 3.63) is 29.3 Å². The molecule has 0 bridgehead atoms. The average Bonchev–Trinajstić information content (AvgIpc) is 2.74. The predicted octanol–water partition coefficient (Wildman–Crippen LogP) is 1.43. The molecule has 94 valence electrons. The van der Waals surface area contributed by atoms with E-state index in [1.165, 1.54) is 4.68 Å². The Morgan fingerprint density at radius 3 is 2.61 bits per heavy atom. The van der Waals surface area contributed by atoms with Gasteiger partial charge in [-0.2, -0.15) is 0 Å². The van der Waals surface area contributed by atoms with Crippen molar-refractivity contribution in [3.8, 4) is 11.4 Å². The highest BCUT2D eigenvalue weighted by Gasteiger charge is 2.14. The molecule has 1 aromatic carbocycles. The molecule has 0 aliphatic rings. The van der Waals surface area contributed by atoms with Gasteiger partial charge in [-0.25, -0.2) is 4.68 Å². The van der Waals surface area contributed by atoms with E-state index in [9.17, 15) is 4.79 Å². The Morgan fingerprint density at radius 2 is 2.00 bits per heavy atom. The van der Waals surface area contributed by atoms with Crippen molar-refractivity contribution in [1.82, 2.24) is 20.2 Å². The number of carboxylic acid groups (broad SMARTS) is 1. The molecule has 0 fully saturated rings. The summed E-state index contributed by atoms with van der Waals surface area (Å²) in [5.74, 6) is -0.246. The lowest BCUT2D eigenvalue weighted by molar-refractivity contribution is -0.137. The van der Waals surface area contributed by atoms with Crippen molar-refractivity contribution in [2.45, 2.75) is 26.8 Å². The van der Waals surface area contributed by atoms with Crippen LogP contribution >= 0.6 is 0 Å². The maximum Gasteiger partial charge on any atom is 0.305 e. The third-order valence-electron chi connectivity index (χ3n) is 2.77. The van der Waals surface area contributed by atoms with Crippen molar-refractivity contribution in [1.29, 1.82) is 0 Å². The van der Waals surface area contributed by atoms with Gasteiger partial charge in [0.2, 0.25) is 0 Å². The van der Waals surface area contributed by atoms with E-state index >= 15 is 0 Å². The number of aryl methyl sites for hydroxylation is 3. The first kappa shape index (κ1) is 12.2. The van der Waals surface area contributed by atoms with E-state index in [4.69, 9.17) is 5.11 Å². The number of hydrogen-bond donors (Lipinski definition) is 1. The first-order valence-corrected chi connectivity index (χ1v) is 5.64. The largest absolute Gasteiger partial charge is 0.481 e. The van der Waals surface area contributed by atoms with Crippen LogP contribution in [-0.2, 0) is 11.3 Å². The number of rotatable bonds is 4. The highest BCUT2D eigenvalue weighted by molar-refractivity contribution is 5.67.